The monoisotopic (exact) mass is 291 g/mol. The first-order chi connectivity index (χ1) is 10.7. The van der Waals surface area contributed by atoms with Gasteiger partial charge < -0.3 is 4.74 Å². The van der Waals surface area contributed by atoms with Crippen LogP contribution in [0, 0.1) is 6.92 Å². The largest absolute Gasteiger partial charge is 0.497 e. The van der Waals surface area contributed by atoms with Crippen molar-refractivity contribution < 1.29 is 9.53 Å². The van der Waals surface area contributed by atoms with Gasteiger partial charge in [0, 0.05) is 17.2 Å². The Kier molecular flexibility index (Phi) is 3.79. The van der Waals surface area contributed by atoms with E-state index in [1.54, 1.807) is 17.8 Å². The highest BCUT2D eigenvalue weighted by Crippen LogP contribution is 2.24. The average molecular weight is 291 g/mol. The zero-order valence-electron chi connectivity index (χ0n) is 12.6. The Hall–Kier alpha value is -2.81. The van der Waals surface area contributed by atoms with Crippen LogP contribution in [0.3, 0.4) is 0 Å². The highest BCUT2D eigenvalue weighted by atomic mass is 16.5. The van der Waals surface area contributed by atoms with Crippen molar-refractivity contribution in [1.82, 2.24) is 4.57 Å². The molecule has 0 N–H and O–H groups in total. The van der Waals surface area contributed by atoms with Gasteiger partial charge in [-0.15, -0.1) is 0 Å². The second kappa shape index (κ2) is 5.90. The Morgan fingerprint density at radius 3 is 2.59 bits per heavy atom. The molecule has 2 aromatic carbocycles. The van der Waals surface area contributed by atoms with Gasteiger partial charge in [0.15, 0.2) is 0 Å². The van der Waals surface area contributed by atoms with Crippen LogP contribution >= 0.6 is 0 Å². The number of ether oxygens (including phenoxy) is 1. The van der Waals surface area contributed by atoms with Gasteiger partial charge in [-0.3, -0.25) is 9.36 Å². The first-order valence-corrected chi connectivity index (χ1v) is 7.12. The number of carbonyl (C=O) groups excluding carboxylic acids is 1. The summed E-state index contributed by atoms with van der Waals surface area (Å²) >= 11 is 0. The molecule has 22 heavy (non-hydrogen) atoms. The number of benzene rings is 2. The van der Waals surface area contributed by atoms with E-state index in [2.05, 4.69) is 0 Å². The van der Waals surface area contributed by atoms with Gasteiger partial charge in [0.2, 0.25) is 0 Å². The maximum atomic E-state index is 12.5. The standard InChI is InChI=1S/C19H17NO2/c1-14-12-16-13-17(22-2)9-10-18(16)20(14)19(21)11-8-15-6-4-3-5-7-15/h3-13H,1-2H3. The van der Waals surface area contributed by atoms with E-state index in [9.17, 15) is 4.79 Å². The van der Waals surface area contributed by atoms with Gasteiger partial charge in [-0.25, -0.2) is 0 Å². The molecule has 1 heterocycles. The van der Waals surface area contributed by atoms with Gasteiger partial charge in [0.25, 0.3) is 5.91 Å². The molecule has 0 aliphatic carbocycles. The molecule has 0 radical (unpaired) electrons. The molecule has 0 fully saturated rings. The van der Waals surface area contributed by atoms with E-state index in [-0.39, 0.29) is 5.91 Å². The summed E-state index contributed by atoms with van der Waals surface area (Å²) in [6.45, 7) is 1.93. The molecule has 110 valence electrons. The molecule has 3 rings (SSSR count). The van der Waals surface area contributed by atoms with Gasteiger partial charge >= 0.3 is 0 Å². The van der Waals surface area contributed by atoms with Gasteiger partial charge in [0.1, 0.15) is 5.75 Å². The molecular weight excluding hydrogens is 274 g/mol. The summed E-state index contributed by atoms with van der Waals surface area (Å²) in [5.41, 5.74) is 2.80. The quantitative estimate of drug-likeness (QED) is 0.673. The Bertz CT molecular complexity index is 845. The topological polar surface area (TPSA) is 31.2 Å². The third-order valence-electron chi connectivity index (χ3n) is 3.63. The minimum Gasteiger partial charge on any atom is -0.497 e. The molecule has 3 nitrogen and oxygen atoms in total. The fourth-order valence-electron chi connectivity index (χ4n) is 2.56. The summed E-state index contributed by atoms with van der Waals surface area (Å²) in [6, 6.07) is 17.5. The second-order valence-electron chi connectivity index (χ2n) is 5.13. The van der Waals surface area contributed by atoms with Crippen molar-refractivity contribution in [2.45, 2.75) is 6.92 Å². The number of aryl methyl sites for hydroxylation is 1. The molecule has 0 amide bonds. The van der Waals surface area contributed by atoms with Gasteiger partial charge in [-0.05, 0) is 42.8 Å². The fraction of sp³-hybridized carbons (Fsp3) is 0.105. The van der Waals surface area contributed by atoms with Gasteiger partial charge in [0.05, 0.1) is 12.6 Å². The molecule has 0 spiro atoms. The number of fused-ring (bicyclic) bond motifs is 1. The van der Waals surface area contributed by atoms with E-state index in [1.807, 2.05) is 67.6 Å². The number of aromatic nitrogens is 1. The highest BCUT2D eigenvalue weighted by Gasteiger charge is 2.11. The number of hydrogen-bond acceptors (Lipinski definition) is 2. The molecule has 0 saturated heterocycles. The number of hydrogen-bond donors (Lipinski definition) is 0. The van der Waals surface area contributed by atoms with Crippen molar-refractivity contribution in [3.8, 4) is 5.75 Å². The minimum absolute atomic E-state index is 0.0541. The Morgan fingerprint density at radius 1 is 1.09 bits per heavy atom. The molecule has 0 unspecified atom stereocenters. The lowest BCUT2D eigenvalue weighted by molar-refractivity contribution is 0.0973. The SMILES string of the molecule is COc1ccc2c(c1)cc(C)n2C(=O)C=Cc1ccccc1. The van der Waals surface area contributed by atoms with Crippen LogP contribution in [-0.2, 0) is 0 Å². The van der Waals surface area contributed by atoms with Gasteiger partial charge in [-0.1, -0.05) is 30.3 Å². The summed E-state index contributed by atoms with van der Waals surface area (Å²) in [4.78, 5) is 12.5. The third kappa shape index (κ3) is 2.66. The summed E-state index contributed by atoms with van der Waals surface area (Å²) < 4.78 is 6.95. The van der Waals surface area contributed by atoms with Crippen molar-refractivity contribution in [3.63, 3.8) is 0 Å². The van der Waals surface area contributed by atoms with E-state index in [0.29, 0.717) is 0 Å². The van der Waals surface area contributed by atoms with E-state index in [0.717, 1.165) is 27.9 Å². The van der Waals surface area contributed by atoms with Crippen LogP contribution in [0.5, 0.6) is 5.75 Å². The smallest absolute Gasteiger partial charge is 0.255 e. The Balaban J connectivity index is 1.97. The zero-order valence-corrected chi connectivity index (χ0v) is 12.6. The normalized spacial score (nSPS) is 11.2. The Morgan fingerprint density at radius 2 is 1.86 bits per heavy atom. The van der Waals surface area contributed by atoms with Crippen LogP contribution in [0.2, 0.25) is 0 Å². The van der Waals surface area contributed by atoms with E-state index < -0.39 is 0 Å². The fourth-order valence-corrected chi connectivity index (χ4v) is 2.56. The van der Waals surface area contributed by atoms with Crippen LogP contribution in [0.15, 0.2) is 60.7 Å². The molecule has 0 saturated carbocycles. The van der Waals surface area contributed by atoms with Crippen LogP contribution in [-0.4, -0.2) is 17.6 Å². The summed E-state index contributed by atoms with van der Waals surface area (Å²) in [5.74, 6) is 0.735. The number of carbonyl (C=O) groups is 1. The van der Waals surface area contributed by atoms with Gasteiger partial charge in [-0.2, -0.15) is 0 Å². The first kappa shape index (κ1) is 14.1. The van der Waals surface area contributed by atoms with Crippen LogP contribution in [0.4, 0.5) is 0 Å². The van der Waals surface area contributed by atoms with Crippen molar-refractivity contribution in [2.24, 2.45) is 0 Å². The zero-order chi connectivity index (χ0) is 15.5. The van der Waals surface area contributed by atoms with Crippen molar-refractivity contribution >= 4 is 22.9 Å². The lowest BCUT2D eigenvalue weighted by atomic mass is 10.2. The molecule has 1 aromatic heterocycles. The molecule has 0 atom stereocenters. The van der Waals surface area contributed by atoms with E-state index in [4.69, 9.17) is 4.74 Å². The lowest BCUT2D eigenvalue weighted by Gasteiger charge is -2.04. The van der Waals surface area contributed by atoms with Crippen LogP contribution in [0.1, 0.15) is 16.1 Å². The molecule has 0 aliphatic rings. The lowest BCUT2D eigenvalue weighted by Crippen LogP contribution is -2.08. The van der Waals surface area contributed by atoms with Crippen LogP contribution in [0.25, 0.3) is 17.0 Å². The number of methoxy groups -OCH3 is 1. The van der Waals surface area contributed by atoms with Crippen molar-refractivity contribution in [1.29, 1.82) is 0 Å². The summed E-state index contributed by atoms with van der Waals surface area (Å²) in [6.07, 6.45) is 3.43. The van der Waals surface area contributed by atoms with Crippen LogP contribution < -0.4 is 4.74 Å². The Labute approximate surface area is 129 Å². The van der Waals surface area contributed by atoms with Crippen molar-refractivity contribution in [2.75, 3.05) is 7.11 Å². The molecule has 3 heteroatoms. The second-order valence-corrected chi connectivity index (χ2v) is 5.13. The van der Waals surface area contributed by atoms with Crippen molar-refractivity contribution in [3.05, 3.63) is 71.9 Å². The number of nitrogens with zero attached hydrogens (tertiary/aromatic N) is 1. The summed E-state index contributed by atoms with van der Waals surface area (Å²) in [5, 5.41) is 0.998. The van der Waals surface area contributed by atoms with E-state index in [1.165, 1.54) is 0 Å². The predicted molar refractivity (Wildman–Crippen MR) is 89.3 cm³/mol. The molecular formula is C19H17NO2. The first-order valence-electron chi connectivity index (χ1n) is 7.12. The average Bonchev–Trinajstić information content (AvgIpc) is 2.88. The highest BCUT2D eigenvalue weighted by molar-refractivity contribution is 6.01. The summed E-state index contributed by atoms with van der Waals surface area (Å²) in [7, 11) is 1.64. The maximum Gasteiger partial charge on any atom is 0.255 e. The number of rotatable bonds is 3. The predicted octanol–water partition coefficient (Wildman–Crippen LogP) is 4.31. The van der Waals surface area contributed by atoms with E-state index >= 15 is 0 Å². The minimum atomic E-state index is -0.0541. The molecule has 0 aliphatic heterocycles. The number of allylic oxidation sites excluding steroid dienone is 1. The molecule has 0 bridgehead atoms. The third-order valence-corrected chi connectivity index (χ3v) is 3.63. The maximum absolute atomic E-state index is 12.5. The molecule has 3 aromatic rings.